The Morgan fingerprint density at radius 3 is 2.52 bits per heavy atom. The fourth-order valence-corrected chi connectivity index (χ4v) is 2.67. The molecule has 0 fully saturated rings. The molecule has 2 aromatic rings. The van der Waals surface area contributed by atoms with E-state index in [-0.39, 0.29) is 5.91 Å². The Balaban J connectivity index is 1.60. The van der Waals surface area contributed by atoms with E-state index in [4.69, 9.17) is 23.2 Å². The molecular formula is C18H20Cl2N2O. The molecule has 5 heteroatoms. The van der Waals surface area contributed by atoms with Crippen LogP contribution in [0, 0.1) is 0 Å². The summed E-state index contributed by atoms with van der Waals surface area (Å²) in [6.45, 7) is 1.22. The lowest BCUT2D eigenvalue weighted by atomic mass is 10.1. The van der Waals surface area contributed by atoms with E-state index in [1.54, 1.807) is 12.1 Å². The van der Waals surface area contributed by atoms with E-state index >= 15 is 0 Å². The zero-order valence-corrected chi connectivity index (χ0v) is 14.3. The molecule has 0 bridgehead atoms. The standard InChI is InChI=1S/C18H20Cl2N2O/c19-15-8-9-17(16(20)13-15)21-12-10-18(23)22-11-4-7-14-5-2-1-3-6-14/h1-3,5-6,8-9,13,21H,4,7,10-12H2,(H,22,23). The largest absolute Gasteiger partial charge is 0.383 e. The molecular weight excluding hydrogens is 331 g/mol. The Labute approximate surface area is 147 Å². The van der Waals surface area contributed by atoms with Gasteiger partial charge in [0.1, 0.15) is 0 Å². The van der Waals surface area contributed by atoms with Gasteiger partial charge in [0.05, 0.1) is 10.7 Å². The number of rotatable bonds is 8. The lowest BCUT2D eigenvalue weighted by Gasteiger charge is -2.09. The summed E-state index contributed by atoms with van der Waals surface area (Å²) in [5, 5.41) is 7.22. The molecule has 0 radical (unpaired) electrons. The molecule has 1 amide bonds. The number of nitrogens with one attached hydrogen (secondary N) is 2. The maximum atomic E-state index is 11.8. The zero-order chi connectivity index (χ0) is 16.5. The van der Waals surface area contributed by atoms with Crippen LogP contribution in [0.2, 0.25) is 10.0 Å². The molecule has 0 unspecified atom stereocenters. The van der Waals surface area contributed by atoms with Crippen molar-refractivity contribution in [2.45, 2.75) is 19.3 Å². The highest BCUT2D eigenvalue weighted by molar-refractivity contribution is 6.36. The third-order valence-electron chi connectivity index (χ3n) is 3.41. The summed E-state index contributed by atoms with van der Waals surface area (Å²) in [6, 6.07) is 15.5. The van der Waals surface area contributed by atoms with Crippen LogP contribution in [0.5, 0.6) is 0 Å². The molecule has 0 saturated carbocycles. The minimum absolute atomic E-state index is 0.0376. The lowest BCUT2D eigenvalue weighted by Crippen LogP contribution is -2.26. The third kappa shape index (κ3) is 6.51. The molecule has 0 aliphatic rings. The number of halogens is 2. The second kappa shape index (κ2) is 9.43. The van der Waals surface area contributed by atoms with Crippen molar-refractivity contribution in [3.8, 4) is 0 Å². The van der Waals surface area contributed by atoms with Crippen molar-refractivity contribution >= 4 is 34.8 Å². The zero-order valence-electron chi connectivity index (χ0n) is 12.8. The molecule has 122 valence electrons. The molecule has 0 atom stereocenters. The number of carbonyl (C=O) groups excluding carboxylic acids is 1. The topological polar surface area (TPSA) is 41.1 Å². The van der Waals surface area contributed by atoms with Crippen LogP contribution in [0.15, 0.2) is 48.5 Å². The Kier molecular flexibility index (Phi) is 7.24. The van der Waals surface area contributed by atoms with Gasteiger partial charge in [0, 0.05) is 24.5 Å². The van der Waals surface area contributed by atoms with Crippen molar-refractivity contribution in [1.29, 1.82) is 0 Å². The average Bonchev–Trinajstić information content (AvgIpc) is 2.55. The van der Waals surface area contributed by atoms with E-state index in [0.717, 1.165) is 18.5 Å². The second-order valence-electron chi connectivity index (χ2n) is 5.24. The van der Waals surface area contributed by atoms with E-state index in [1.165, 1.54) is 5.56 Å². The van der Waals surface area contributed by atoms with Crippen LogP contribution in [-0.4, -0.2) is 19.0 Å². The Bertz CT molecular complexity index is 632. The first-order valence-electron chi connectivity index (χ1n) is 7.65. The maximum Gasteiger partial charge on any atom is 0.221 e. The molecule has 0 aromatic heterocycles. The van der Waals surface area contributed by atoms with E-state index in [0.29, 0.717) is 29.6 Å². The molecule has 0 aliphatic heterocycles. The maximum absolute atomic E-state index is 11.8. The van der Waals surface area contributed by atoms with Crippen LogP contribution in [-0.2, 0) is 11.2 Å². The van der Waals surface area contributed by atoms with Crippen LogP contribution in [0.25, 0.3) is 0 Å². The van der Waals surface area contributed by atoms with Crippen LogP contribution >= 0.6 is 23.2 Å². The number of hydrogen-bond donors (Lipinski definition) is 2. The van der Waals surface area contributed by atoms with Crippen molar-refractivity contribution < 1.29 is 4.79 Å². The van der Waals surface area contributed by atoms with Gasteiger partial charge in [-0.15, -0.1) is 0 Å². The van der Waals surface area contributed by atoms with Crippen molar-refractivity contribution in [3.05, 3.63) is 64.1 Å². The molecule has 2 N–H and O–H groups in total. The molecule has 2 rings (SSSR count). The normalized spacial score (nSPS) is 10.3. The van der Waals surface area contributed by atoms with Gasteiger partial charge in [0.25, 0.3) is 0 Å². The molecule has 23 heavy (non-hydrogen) atoms. The Morgan fingerprint density at radius 1 is 1.00 bits per heavy atom. The van der Waals surface area contributed by atoms with Crippen molar-refractivity contribution in [3.63, 3.8) is 0 Å². The van der Waals surface area contributed by atoms with Crippen molar-refractivity contribution in [1.82, 2.24) is 5.32 Å². The number of anilines is 1. The van der Waals surface area contributed by atoms with Crippen LogP contribution in [0.1, 0.15) is 18.4 Å². The van der Waals surface area contributed by atoms with Gasteiger partial charge in [-0.25, -0.2) is 0 Å². The van der Waals surface area contributed by atoms with Crippen LogP contribution in [0.3, 0.4) is 0 Å². The summed E-state index contributed by atoms with van der Waals surface area (Å²) >= 11 is 11.9. The smallest absolute Gasteiger partial charge is 0.221 e. The van der Waals surface area contributed by atoms with E-state index in [9.17, 15) is 4.79 Å². The number of benzene rings is 2. The van der Waals surface area contributed by atoms with Crippen molar-refractivity contribution in [2.75, 3.05) is 18.4 Å². The van der Waals surface area contributed by atoms with Gasteiger partial charge in [0.2, 0.25) is 5.91 Å². The predicted octanol–water partition coefficient (Wildman–Crippen LogP) is 4.54. The quantitative estimate of drug-likeness (QED) is 0.686. The molecule has 0 heterocycles. The Morgan fingerprint density at radius 2 is 1.78 bits per heavy atom. The first-order chi connectivity index (χ1) is 11.1. The first-order valence-corrected chi connectivity index (χ1v) is 8.40. The molecule has 2 aromatic carbocycles. The highest BCUT2D eigenvalue weighted by atomic mass is 35.5. The Hall–Kier alpha value is -1.71. The van der Waals surface area contributed by atoms with Gasteiger partial charge in [-0.2, -0.15) is 0 Å². The molecule has 0 aliphatic carbocycles. The second-order valence-corrected chi connectivity index (χ2v) is 6.08. The SMILES string of the molecule is O=C(CCNc1ccc(Cl)cc1Cl)NCCCc1ccccc1. The number of carbonyl (C=O) groups is 1. The molecule has 0 spiro atoms. The molecule has 0 saturated heterocycles. The number of aryl methyl sites for hydroxylation is 1. The van der Waals surface area contributed by atoms with Gasteiger partial charge in [-0.3, -0.25) is 4.79 Å². The highest BCUT2D eigenvalue weighted by Gasteiger charge is 2.03. The lowest BCUT2D eigenvalue weighted by molar-refractivity contribution is -0.120. The number of amides is 1. The fraction of sp³-hybridized carbons (Fsp3) is 0.278. The van der Waals surface area contributed by atoms with Crippen LogP contribution < -0.4 is 10.6 Å². The number of hydrogen-bond acceptors (Lipinski definition) is 2. The minimum atomic E-state index is 0.0376. The van der Waals surface area contributed by atoms with Gasteiger partial charge in [-0.05, 0) is 36.6 Å². The predicted molar refractivity (Wildman–Crippen MR) is 97.3 cm³/mol. The summed E-state index contributed by atoms with van der Waals surface area (Å²) in [5.41, 5.74) is 2.08. The summed E-state index contributed by atoms with van der Waals surface area (Å²) in [7, 11) is 0. The van der Waals surface area contributed by atoms with Gasteiger partial charge in [-0.1, -0.05) is 53.5 Å². The highest BCUT2D eigenvalue weighted by Crippen LogP contribution is 2.25. The summed E-state index contributed by atoms with van der Waals surface area (Å²) < 4.78 is 0. The van der Waals surface area contributed by atoms with Gasteiger partial charge < -0.3 is 10.6 Å². The monoisotopic (exact) mass is 350 g/mol. The van der Waals surface area contributed by atoms with Crippen LogP contribution in [0.4, 0.5) is 5.69 Å². The third-order valence-corrected chi connectivity index (χ3v) is 3.95. The summed E-state index contributed by atoms with van der Waals surface area (Å²) in [4.78, 5) is 11.8. The van der Waals surface area contributed by atoms with E-state index < -0.39 is 0 Å². The summed E-state index contributed by atoms with van der Waals surface area (Å²) in [6.07, 6.45) is 2.32. The first kappa shape index (κ1) is 17.6. The van der Waals surface area contributed by atoms with E-state index in [2.05, 4.69) is 22.8 Å². The summed E-state index contributed by atoms with van der Waals surface area (Å²) in [5.74, 6) is 0.0376. The van der Waals surface area contributed by atoms with E-state index in [1.807, 2.05) is 24.3 Å². The van der Waals surface area contributed by atoms with Crippen molar-refractivity contribution in [2.24, 2.45) is 0 Å². The fourth-order valence-electron chi connectivity index (χ4n) is 2.20. The minimum Gasteiger partial charge on any atom is -0.383 e. The van der Waals surface area contributed by atoms with Gasteiger partial charge >= 0.3 is 0 Å². The molecule has 3 nitrogen and oxygen atoms in total. The van der Waals surface area contributed by atoms with Gasteiger partial charge in [0.15, 0.2) is 0 Å². The average molecular weight is 351 g/mol.